The summed E-state index contributed by atoms with van der Waals surface area (Å²) in [5.41, 5.74) is 1.92. The van der Waals surface area contributed by atoms with Crippen LogP contribution in [0.2, 0.25) is 0 Å². The maximum Gasteiger partial charge on any atom is 0.251 e. The summed E-state index contributed by atoms with van der Waals surface area (Å²) < 4.78 is 0. The van der Waals surface area contributed by atoms with E-state index in [0.29, 0.717) is 11.6 Å². The van der Waals surface area contributed by atoms with E-state index in [4.69, 9.17) is 0 Å². The van der Waals surface area contributed by atoms with E-state index in [1.54, 1.807) is 7.05 Å². The molecule has 1 aromatic carbocycles. The first kappa shape index (κ1) is 15.7. The molecule has 0 aliphatic carbocycles. The van der Waals surface area contributed by atoms with E-state index in [2.05, 4.69) is 31.4 Å². The Morgan fingerprint density at radius 1 is 1.21 bits per heavy atom. The molecule has 106 valence electrons. The third-order valence-electron chi connectivity index (χ3n) is 3.55. The topological polar surface area (TPSA) is 41.1 Å². The number of benzene rings is 1. The highest BCUT2D eigenvalue weighted by Gasteiger charge is 2.07. The van der Waals surface area contributed by atoms with Crippen molar-refractivity contribution in [3.8, 4) is 0 Å². The molecular formula is C16H26N2O. The molecule has 0 aliphatic rings. The molecule has 0 radical (unpaired) electrons. The van der Waals surface area contributed by atoms with E-state index in [9.17, 15) is 4.79 Å². The lowest BCUT2D eigenvalue weighted by Gasteiger charge is -2.17. The van der Waals surface area contributed by atoms with Crippen LogP contribution in [0.5, 0.6) is 0 Å². The lowest BCUT2D eigenvalue weighted by Crippen LogP contribution is -2.27. The van der Waals surface area contributed by atoms with Crippen molar-refractivity contribution in [2.45, 2.75) is 46.2 Å². The van der Waals surface area contributed by atoms with Gasteiger partial charge in [0.15, 0.2) is 0 Å². The number of hydrogen-bond acceptors (Lipinski definition) is 2. The summed E-state index contributed by atoms with van der Waals surface area (Å²) in [4.78, 5) is 11.4. The average molecular weight is 262 g/mol. The van der Waals surface area contributed by atoms with Crippen LogP contribution in [-0.4, -0.2) is 19.0 Å². The number of amides is 1. The number of carbonyl (C=O) groups excluding carboxylic acids is 1. The fourth-order valence-electron chi connectivity index (χ4n) is 2.06. The summed E-state index contributed by atoms with van der Waals surface area (Å²) >= 11 is 0. The van der Waals surface area contributed by atoms with Gasteiger partial charge in [-0.15, -0.1) is 0 Å². The molecule has 0 spiro atoms. The van der Waals surface area contributed by atoms with Gasteiger partial charge in [-0.05, 0) is 37.0 Å². The Balaban J connectivity index is 2.43. The van der Waals surface area contributed by atoms with Crippen molar-refractivity contribution in [1.82, 2.24) is 10.6 Å². The smallest absolute Gasteiger partial charge is 0.251 e. The maximum absolute atomic E-state index is 11.4. The van der Waals surface area contributed by atoms with Crippen LogP contribution in [0.3, 0.4) is 0 Å². The number of hydrogen-bond donors (Lipinski definition) is 2. The molecule has 0 aliphatic heterocycles. The fraction of sp³-hybridized carbons (Fsp3) is 0.562. The lowest BCUT2D eigenvalue weighted by atomic mass is 10.0. The molecule has 3 nitrogen and oxygen atoms in total. The highest BCUT2D eigenvalue weighted by atomic mass is 16.1. The monoisotopic (exact) mass is 262 g/mol. The quantitative estimate of drug-likeness (QED) is 0.793. The lowest BCUT2D eigenvalue weighted by molar-refractivity contribution is 0.0963. The molecule has 0 fully saturated rings. The third-order valence-corrected chi connectivity index (χ3v) is 3.55. The average Bonchev–Trinajstić information content (AvgIpc) is 2.44. The Bertz CT molecular complexity index is 386. The van der Waals surface area contributed by atoms with E-state index in [-0.39, 0.29) is 5.91 Å². The maximum atomic E-state index is 11.4. The molecule has 2 unspecified atom stereocenters. The predicted molar refractivity (Wildman–Crippen MR) is 80.2 cm³/mol. The van der Waals surface area contributed by atoms with Crippen LogP contribution in [0.4, 0.5) is 0 Å². The largest absolute Gasteiger partial charge is 0.355 e. The van der Waals surface area contributed by atoms with Gasteiger partial charge in [0.2, 0.25) is 0 Å². The normalized spacial score (nSPS) is 13.9. The Morgan fingerprint density at radius 3 is 2.37 bits per heavy atom. The summed E-state index contributed by atoms with van der Waals surface area (Å²) in [6.45, 7) is 7.60. The van der Waals surface area contributed by atoms with Crippen LogP contribution in [0.15, 0.2) is 24.3 Å². The fourth-order valence-corrected chi connectivity index (χ4v) is 2.06. The van der Waals surface area contributed by atoms with E-state index >= 15 is 0 Å². The summed E-state index contributed by atoms with van der Waals surface area (Å²) in [6.07, 6.45) is 2.43. The van der Waals surface area contributed by atoms with Gasteiger partial charge >= 0.3 is 0 Å². The molecule has 1 amide bonds. The van der Waals surface area contributed by atoms with Crippen LogP contribution in [0, 0.1) is 5.92 Å². The molecule has 1 rings (SSSR count). The van der Waals surface area contributed by atoms with Gasteiger partial charge in [-0.25, -0.2) is 0 Å². The zero-order chi connectivity index (χ0) is 14.3. The Kier molecular flexibility index (Phi) is 6.57. The summed E-state index contributed by atoms with van der Waals surface area (Å²) in [7, 11) is 1.65. The number of nitrogens with one attached hydrogen (secondary N) is 2. The van der Waals surface area contributed by atoms with E-state index in [1.807, 2.05) is 24.3 Å². The third kappa shape index (κ3) is 5.43. The van der Waals surface area contributed by atoms with Crippen LogP contribution >= 0.6 is 0 Å². The zero-order valence-electron chi connectivity index (χ0n) is 12.5. The summed E-state index contributed by atoms with van der Waals surface area (Å²) in [5.74, 6) is 0.725. The predicted octanol–water partition coefficient (Wildman–Crippen LogP) is 2.96. The van der Waals surface area contributed by atoms with Gasteiger partial charge in [-0.1, -0.05) is 32.4 Å². The highest BCUT2D eigenvalue weighted by molar-refractivity contribution is 5.93. The molecule has 0 aromatic heterocycles. The van der Waals surface area contributed by atoms with Crippen molar-refractivity contribution in [1.29, 1.82) is 0 Å². The summed E-state index contributed by atoms with van der Waals surface area (Å²) in [5, 5.41) is 6.15. The van der Waals surface area contributed by atoms with Crippen LogP contribution in [-0.2, 0) is 6.54 Å². The van der Waals surface area contributed by atoms with Gasteiger partial charge in [0.05, 0.1) is 0 Å². The second-order valence-corrected chi connectivity index (χ2v) is 5.31. The first-order chi connectivity index (χ1) is 9.06. The van der Waals surface area contributed by atoms with Gasteiger partial charge in [0.1, 0.15) is 0 Å². The van der Waals surface area contributed by atoms with Crippen molar-refractivity contribution < 1.29 is 4.79 Å². The van der Waals surface area contributed by atoms with Gasteiger partial charge in [-0.2, -0.15) is 0 Å². The second-order valence-electron chi connectivity index (χ2n) is 5.31. The molecule has 19 heavy (non-hydrogen) atoms. The standard InChI is InChI=1S/C16H26N2O/c1-5-12(2)10-13(3)18-11-14-6-8-15(9-7-14)16(19)17-4/h6-9,12-13,18H,5,10-11H2,1-4H3,(H,17,19). The molecule has 3 heteroatoms. The Labute approximate surface area is 116 Å². The molecule has 2 N–H and O–H groups in total. The second kappa shape index (κ2) is 7.95. The molecule has 2 atom stereocenters. The Hall–Kier alpha value is -1.35. The van der Waals surface area contributed by atoms with E-state index in [1.165, 1.54) is 18.4 Å². The first-order valence-corrected chi connectivity index (χ1v) is 7.11. The van der Waals surface area contributed by atoms with Gasteiger partial charge in [-0.3, -0.25) is 4.79 Å². The zero-order valence-corrected chi connectivity index (χ0v) is 12.5. The van der Waals surface area contributed by atoms with Crippen molar-refractivity contribution in [2.24, 2.45) is 5.92 Å². The first-order valence-electron chi connectivity index (χ1n) is 7.11. The van der Waals surface area contributed by atoms with Crippen LogP contribution in [0.25, 0.3) is 0 Å². The molecule has 0 bridgehead atoms. The highest BCUT2D eigenvalue weighted by Crippen LogP contribution is 2.10. The van der Waals surface area contributed by atoms with E-state index in [0.717, 1.165) is 12.5 Å². The van der Waals surface area contributed by atoms with Gasteiger partial charge < -0.3 is 10.6 Å². The molecule has 0 saturated heterocycles. The number of rotatable bonds is 7. The minimum absolute atomic E-state index is 0.0374. The van der Waals surface area contributed by atoms with Gasteiger partial charge in [0, 0.05) is 25.2 Å². The minimum Gasteiger partial charge on any atom is -0.355 e. The van der Waals surface area contributed by atoms with Crippen LogP contribution in [0.1, 0.15) is 49.5 Å². The number of carbonyl (C=O) groups is 1. The van der Waals surface area contributed by atoms with E-state index < -0.39 is 0 Å². The summed E-state index contributed by atoms with van der Waals surface area (Å²) in [6, 6.07) is 8.28. The minimum atomic E-state index is -0.0374. The molecular weight excluding hydrogens is 236 g/mol. The molecule has 0 heterocycles. The van der Waals surface area contributed by atoms with Crippen molar-refractivity contribution in [2.75, 3.05) is 7.05 Å². The van der Waals surface area contributed by atoms with Crippen molar-refractivity contribution in [3.05, 3.63) is 35.4 Å². The van der Waals surface area contributed by atoms with Crippen molar-refractivity contribution in [3.63, 3.8) is 0 Å². The SMILES string of the molecule is CCC(C)CC(C)NCc1ccc(C(=O)NC)cc1. The van der Waals surface area contributed by atoms with Gasteiger partial charge in [0.25, 0.3) is 5.91 Å². The Morgan fingerprint density at radius 2 is 1.84 bits per heavy atom. The molecule has 1 aromatic rings. The van der Waals surface area contributed by atoms with Crippen LogP contribution < -0.4 is 10.6 Å². The van der Waals surface area contributed by atoms with Crippen molar-refractivity contribution >= 4 is 5.91 Å². The molecule has 0 saturated carbocycles.